The number of fused-ring (bicyclic) bond motifs is 2. The Morgan fingerprint density at radius 3 is 2.56 bits per heavy atom. The first-order valence-electron chi connectivity index (χ1n) is 6.68. The van der Waals surface area contributed by atoms with E-state index in [-0.39, 0.29) is 5.41 Å². The number of piperidine rings is 1. The molecule has 1 saturated heterocycles. The Balaban J connectivity index is 1.76. The highest BCUT2D eigenvalue weighted by atomic mass is 16.2. The summed E-state index contributed by atoms with van der Waals surface area (Å²) >= 11 is 0. The third-order valence-electron chi connectivity index (χ3n) is 4.81. The molecule has 0 aromatic heterocycles. The van der Waals surface area contributed by atoms with Gasteiger partial charge in [0.05, 0.1) is 5.41 Å². The quantitative estimate of drug-likeness (QED) is 0.621. The molecule has 2 bridgehead atoms. The third kappa shape index (κ3) is 1.42. The highest BCUT2D eigenvalue weighted by Gasteiger charge is 2.51. The fourth-order valence-corrected chi connectivity index (χ4v) is 3.80. The van der Waals surface area contributed by atoms with Crippen LogP contribution in [-0.4, -0.2) is 23.9 Å². The van der Waals surface area contributed by atoms with Crippen molar-refractivity contribution >= 4 is 5.91 Å². The fourth-order valence-electron chi connectivity index (χ4n) is 3.80. The summed E-state index contributed by atoms with van der Waals surface area (Å²) in [7, 11) is 0. The Labute approximate surface area is 97.7 Å². The molecule has 0 spiro atoms. The molecule has 0 N–H and O–H groups in total. The number of nitrogens with zero attached hydrogens (tertiary/aromatic N) is 1. The molecule has 2 fully saturated rings. The van der Waals surface area contributed by atoms with Crippen LogP contribution in [0.5, 0.6) is 0 Å². The van der Waals surface area contributed by atoms with Gasteiger partial charge in [0.25, 0.3) is 0 Å². The van der Waals surface area contributed by atoms with Crippen molar-refractivity contribution in [2.24, 2.45) is 17.3 Å². The van der Waals surface area contributed by atoms with Gasteiger partial charge in [-0.15, -0.1) is 0 Å². The lowest BCUT2D eigenvalue weighted by molar-refractivity contribution is -0.143. The second-order valence-corrected chi connectivity index (χ2v) is 5.96. The zero-order valence-corrected chi connectivity index (χ0v) is 10.1. The summed E-state index contributed by atoms with van der Waals surface area (Å²) in [5, 5.41) is 0. The summed E-state index contributed by atoms with van der Waals surface area (Å²) in [6, 6.07) is 0. The number of rotatable bonds is 1. The standard InChI is InChI=1S/C14H21NO/c1-14(10-11-5-6-12(14)9-11)13(16)15-7-3-2-4-8-15/h5-6,11-12H,2-4,7-10H2,1H3. The predicted molar refractivity (Wildman–Crippen MR) is 63.9 cm³/mol. The molecular weight excluding hydrogens is 198 g/mol. The van der Waals surface area contributed by atoms with Crippen molar-refractivity contribution in [3.63, 3.8) is 0 Å². The van der Waals surface area contributed by atoms with Crippen molar-refractivity contribution in [2.75, 3.05) is 13.1 Å². The van der Waals surface area contributed by atoms with Crippen molar-refractivity contribution in [3.8, 4) is 0 Å². The van der Waals surface area contributed by atoms with Gasteiger partial charge in [0, 0.05) is 13.1 Å². The monoisotopic (exact) mass is 219 g/mol. The van der Waals surface area contributed by atoms with E-state index in [1.54, 1.807) is 0 Å². The molecule has 0 aromatic carbocycles. The van der Waals surface area contributed by atoms with E-state index in [4.69, 9.17) is 0 Å². The highest BCUT2D eigenvalue weighted by molar-refractivity contribution is 5.84. The minimum Gasteiger partial charge on any atom is -0.342 e. The molecule has 3 rings (SSSR count). The second-order valence-electron chi connectivity index (χ2n) is 5.96. The van der Waals surface area contributed by atoms with Gasteiger partial charge >= 0.3 is 0 Å². The number of amides is 1. The maximum atomic E-state index is 12.6. The zero-order chi connectivity index (χ0) is 11.2. The second kappa shape index (κ2) is 3.61. The molecule has 1 aliphatic heterocycles. The first kappa shape index (κ1) is 10.4. The smallest absolute Gasteiger partial charge is 0.229 e. The van der Waals surface area contributed by atoms with Crippen LogP contribution >= 0.6 is 0 Å². The maximum Gasteiger partial charge on any atom is 0.229 e. The van der Waals surface area contributed by atoms with Crippen molar-refractivity contribution in [1.29, 1.82) is 0 Å². The first-order chi connectivity index (χ1) is 7.70. The average molecular weight is 219 g/mol. The predicted octanol–water partition coefficient (Wildman–Crippen LogP) is 2.60. The van der Waals surface area contributed by atoms with E-state index >= 15 is 0 Å². The number of carbonyl (C=O) groups excluding carboxylic acids is 1. The van der Waals surface area contributed by atoms with Gasteiger partial charge in [-0.25, -0.2) is 0 Å². The van der Waals surface area contributed by atoms with Gasteiger partial charge in [0.2, 0.25) is 5.91 Å². The lowest BCUT2D eigenvalue weighted by Crippen LogP contribution is -2.46. The summed E-state index contributed by atoms with van der Waals surface area (Å²) in [6.07, 6.45) is 10.6. The summed E-state index contributed by atoms with van der Waals surface area (Å²) in [6.45, 7) is 4.18. The molecule has 0 radical (unpaired) electrons. The largest absolute Gasteiger partial charge is 0.342 e. The molecule has 2 nitrogen and oxygen atoms in total. The Morgan fingerprint density at radius 1 is 1.25 bits per heavy atom. The van der Waals surface area contributed by atoms with Gasteiger partial charge in [-0.3, -0.25) is 4.79 Å². The molecule has 3 aliphatic rings. The molecule has 2 heteroatoms. The molecule has 88 valence electrons. The minimum absolute atomic E-state index is 0.0727. The van der Waals surface area contributed by atoms with Crippen molar-refractivity contribution in [1.82, 2.24) is 4.90 Å². The Morgan fingerprint density at radius 2 is 2.00 bits per heavy atom. The van der Waals surface area contributed by atoms with Crippen LogP contribution in [0.3, 0.4) is 0 Å². The van der Waals surface area contributed by atoms with Gasteiger partial charge < -0.3 is 4.90 Å². The molecule has 1 amide bonds. The number of hydrogen-bond donors (Lipinski definition) is 0. The molecule has 1 saturated carbocycles. The lowest BCUT2D eigenvalue weighted by Gasteiger charge is -2.37. The number of allylic oxidation sites excluding steroid dienone is 2. The Bertz CT molecular complexity index is 330. The van der Waals surface area contributed by atoms with Crippen LogP contribution in [-0.2, 0) is 4.79 Å². The van der Waals surface area contributed by atoms with Crippen LogP contribution in [0, 0.1) is 17.3 Å². The van der Waals surface area contributed by atoms with Crippen molar-refractivity contribution in [3.05, 3.63) is 12.2 Å². The number of likely N-dealkylation sites (tertiary alicyclic amines) is 1. The topological polar surface area (TPSA) is 20.3 Å². The Hall–Kier alpha value is -0.790. The molecule has 3 atom stereocenters. The molecule has 2 aliphatic carbocycles. The van der Waals surface area contributed by atoms with Crippen molar-refractivity contribution < 1.29 is 4.79 Å². The molecule has 16 heavy (non-hydrogen) atoms. The highest BCUT2D eigenvalue weighted by Crippen LogP contribution is 2.52. The van der Waals surface area contributed by atoms with E-state index in [0.29, 0.717) is 17.7 Å². The summed E-state index contributed by atoms with van der Waals surface area (Å²) in [5.41, 5.74) is -0.0727. The summed E-state index contributed by atoms with van der Waals surface area (Å²) < 4.78 is 0. The number of hydrogen-bond acceptors (Lipinski definition) is 1. The van der Waals surface area contributed by atoms with E-state index in [2.05, 4.69) is 24.0 Å². The Kier molecular flexibility index (Phi) is 2.34. The summed E-state index contributed by atoms with van der Waals surface area (Å²) in [4.78, 5) is 14.7. The van der Waals surface area contributed by atoms with Crippen LogP contribution in [0.25, 0.3) is 0 Å². The normalized spacial score (nSPS) is 41.7. The van der Waals surface area contributed by atoms with Gasteiger partial charge in [-0.2, -0.15) is 0 Å². The molecule has 0 aromatic rings. The third-order valence-corrected chi connectivity index (χ3v) is 4.81. The maximum absolute atomic E-state index is 12.6. The number of carbonyl (C=O) groups is 1. The van der Waals surface area contributed by atoms with Crippen LogP contribution in [0.2, 0.25) is 0 Å². The van der Waals surface area contributed by atoms with E-state index in [1.807, 2.05) is 0 Å². The molecule has 3 unspecified atom stereocenters. The van der Waals surface area contributed by atoms with Crippen LogP contribution in [0.1, 0.15) is 39.0 Å². The van der Waals surface area contributed by atoms with E-state index in [9.17, 15) is 4.79 Å². The van der Waals surface area contributed by atoms with Crippen molar-refractivity contribution in [2.45, 2.75) is 39.0 Å². The van der Waals surface area contributed by atoms with Gasteiger partial charge in [-0.05, 0) is 43.9 Å². The zero-order valence-electron chi connectivity index (χ0n) is 10.1. The van der Waals surface area contributed by atoms with E-state index < -0.39 is 0 Å². The fraction of sp³-hybridized carbons (Fsp3) is 0.786. The van der Waals surface area contributed by atoms with Crippen LogP contribution in [0.4, 0.5) is 0 Å². The van der Waals surface area contributed by atoms with E-state index in [0.717, 1.165) is 19.5 Å². The lowest BCUT2D eigenvalue weighted by atomic mass is 9.76. The molecular formula is C14H21NO. The minimum atomic E-state index is -0.0727. The SMILES string of the molecule is CC1(C(=O)N2CCCCC2)CC2C=CC1C2. The van der Waals surface area contributed by atoms with Crippen LogP contribution in [0.15, 0.2) is 12.2 Å². The van der Waals surface area contributed by atoms with Gasteiger partial charge in [0.1, 0.15) is 0 Å². The molecule has 1 heterocycles. The average Bonchev–Trinajstić information content (AvgIpc) is 2.89. The summed E-state index contributed by atoms with van der Waals surface area (Å²) in [5.74, 6) is 1.64. The van der Waals surface area contributed by atoms with Crippen LogP contribution < -0.4 is 0 Å². The first-order valence-corrected chi connectivity index (χ1v) is 6.68. The van der Waals surface area contributed by atoms with Gasteiger partial charge in [0.15, 0.2) is 0 Å². The van der Waals surface area contributed by atoms with E-state index in [1.165, 1.54) is 25.7 Å². The van der Waals surface area contributed by atoms with Gasteiger partial charge in [-0.1, -0.05) is 19.1 Å².